The Labute approximate surface area is 146 Å². The average molecular weight is 352 g/mol. The Morgan fingerprint density at radius 2 is 2.00 bits per heavy atom. The van der Waals surface area contributed by atoms with Gasteiger partial charge in [-0.2, -0.15) is 8.78 Å². The molecule has 2 rings (SSSR count). The van der Waals surface area contributed by atoms with E-state index in [1.807, 2.05) is 13.8 Å². The number of methoxy groups -OCH3 is 1. The van der Waals surface area contributed by atoms with Crippen LogP contribution in [-0.2, 0) is 4.79 Å². The smallest absolute Gasteiger partial charge is 0.387 e. The van der Waals surface area contributed by atoms with Gasteiger partial charge in [-0.1, -0.05) is 6.08 Å². The summed E-state index contributed by atoms with van der Waals surface area (Å²) in [6, 6.07) is 3.30. The molecule has 0 saturated heterocycles. The van der Waals surface area contributed by atoms with Crippen molar-refractivity contribution >= 4 is 11.4 Å². The van der Waals surface area contributed by atoms with Gasteiger partial charge in [-0.05, 0) is 50.5 Å². The fourth-order valence-electron chi connectivity index (χ4n) is 3.05. The van der Waals surface area contributed by atoms with Crippen LogP contribution in [0.25, 0.3) is 5.57 Å². The number of carbonyl (C=O) groups is 1. The molecule has 1 aromatic rings. The molecule has 1 aromatic carbocycles. The van der Waals surface area contributed by atoms with E-state index in [1.165, 1.54) is 7.11 Å². The van der Waals surface area contributed by atoms with Gasteiger partial charge in [0.2, 0.25) is 5.75 Å². The predicted molar refractivity (Wildman–Crippen MR) is 91.4 cm³/mol. The summed E-state index contributed by atoms with van der Waals surface area (Å²) in [6.45, 7) is 2.70. The molecule has 1 fully saturated rings. The van der Waals surface area contributed by atoms with Crippen LogP contribution in [0.15, 0.2) is 29.4 Å². The molecule has 1 aliphatic rings. The van der Waals surface area contributed by atoms with E-state index in [1.54, 1.807) is 25.1 Å². The van der Waals surface area contributed by atoms with E-state index < -0.39 is 6.61 Å². The standard InChI is InChI=1S/C19H22F2O4/c1-5-12-13(7-9-15(12)22)11(3)14-8-10-16(23-4)18(25-19(20)21)17(14)24-6-2/h5,8,10,19H,6-7,9H2,1-4H3. The molecular weight excluding hydrogens is 330 g/mol. The third-order valence-electron chi connectivity index (χ3n) is 4.16. The average Bonchev–Trinajstić information content (AvgIpc) is 2.96. The van der Waals surface area contributed by atoms with E-state index in [9.17, 15) is 13.6 Å². The van der Waals surface area contributed by atoms with Crippen LogP contribution in [0.4, 0.5) is 8.78 Å². The molecule has 0 unspecified atom stereocenters. The summed E-state index contributed by atoms with van der Waals surface area (Å²) < 4.78 is 41.1. The minimum Gasteiger partial charge on any atom is -0.493 e. The lowest BCUT2D eigenvalue weighted by Crippen LogP contribution is -2.08. The van der Waals surface area contributed by atoms with E-state index >= 15 is 0 Å². The van der Waals surface area contributed by atoms with Crippen molar-refractivity contribution in [3.05, 3.63) is 34.9 Å². The first-order valence-electron chi connectivity index (χ1n) is 8.13. The summed E-state index contributed by atoms with van der Waals surface area (Å²) in [7, 11) is 1.38. The van der Waals surface area contributed by atoms with Crippen LogP contribution < -0.4 is 14.2 Å². The number of hydrogen-bond donors (Lipinski definition) is 0. The van der Waals surface area contributed by atoms with Gasteiger partial charge >= 0.3 is 6.61 Å². The normalized spacial score (nSPS) is 18.0. The number of ketones is 1. The molecule has 1 aliphatic carbocycles. The van der Waals surface area contributed by atoms with E-state index in [0.717, 1.165) is 11.1 Å². The Balaban J connectivity index is 2.66. The van der Waals surface area contributed by atoms with E-state index in [0.29, 0.717) is 24.0 Å². The van der Waals surface area contributed by atoms with Crippen LogP contribution in [0, 0.1) is 0 Å². The monoisotopic (exact) mass is 352 g/mol. The summed E-state index contributed by atoms with van der Waals surface area (Å²) in [5.41, 5.74) is 3.00. The number of ether oxygens (including phenoxy) is 3. The molecule has 0 aliphatic heterocycles. The van der Waals surface area contributed by atoms with Crippen molar-refractivity contribution < 1.29 is 27.8 Å². The molecule has 4 nitrogen and oxygen atoms in total. The zero-order chi connectivity index (χ0) is 18.6. The molecular formula is C19H22F2O4. The highest BCUT2D eigenvalue weighted by atomic mass is 19.3. The molecule has 136 valence electrons. The number of Topliss-reactive ketones (excluding diaryl/α,β-unsaturated/α-hetero) is 1. The Hall–Kier alpha value is -2.37. The van der Waals surface area contributed by atoms with Gasteiger partial charge in [0.05, 0.1) is 13.7 Å². The third kappa shape index (κ3) is 3.83. The second-order valence-electron chi connectivity index (χ2n) is 5.51. The van der Waals surface area contributed by atoms with Crippen molar-refractivity contribution in [2.45, 2.75) is 40.2 Å². The summed E-state index contributed by atoms with van der Waals surface area (Å²) >= 11 is 0. The molecule has 0 bridgehead atoms. The second kappa shape index (κ2) is 8.14. The first-order chi connectivity index (χ1) is 11.9. The maximum atomic E-state index is 12.9. The van der Waals surface area contributed by atoms with Crippen molar-refractivity contribution in [1.82, 2.24) is 0 Å². The van der Waals surface area contributed by atoms with Crippen LogP contribution in [-0.4, -0.2) is 26.1 Å². The molecule has 1 saturated carbocycles. The zero-order valence-electron chi connectivity index (χ0n) is 14.8. The largest absolute Gasteiger partial charge is 0.493 e. The lowest BCUT2D eigenvalue weighted by Gasteiger charge is -2.19. The Bertz CT molecular complexity index is 720. The van der Waals surface area contributed by atoms with Crippen molar-refractivity contribution in [1.29, 1.82) is 0 Å². The van der Waals surface area contributed by atoms with Gasteiger partial charge in [-0.3, -0.25) is 4.79 Å². The van der Waals surface area contributed by atoms with Crippen molar-refractivity contribution in [2.24, 2.45) is 0 Å². The number of halogens is 2. The number of carbonyl (C=O) groups excluding carboxylic acids is 1. The lowest BCUT2D eigenvalue weighted by atomic mass is 9.96. The van der Waals surface area contributed by atoms with Gasteiger partial charge in [0, 0.05) is 17.6 Å². The maximum absolute atomic E-state index is 12.9. The summed E-state index contributed by atoms with van der Waals surface area (Å²) in [5, 5.41) is 0. The highest BCUT2D eigenvalue weighted by Crippen LogP contribution is 2.45. The maximum Gasteiger partial charge on any atom is 0.387 e. The molecule has 0 heterocycles. The number of alkyl halides is 2. The topological polar surface area (TPSA) is 44.8 Å². The third-order valence-corrected chi connectivity index (χ3v) is 4.16. The van der Waals surface area contributed by atoms with Crippen molar-refractivity contribution in [3.8, 4) is 17.2 Å². The van der Waals surface area contributed by atoms with Crippen LogP contribution in [0.3, 0.4) is 0 Å². The van der Waals surface area contributed by atoms with Crippen LogP contribution >= 0.6 is 0 Å². The highest BCUT2D eigenvalue weighted by molar-refractivity contribution is 6.05. The molecule has 0 atom stereocenters. The quantitative estimate of drug-likeness (QED) is 0.691. The summed E-state index contributed by atoms with van der Waals surface area (Å²) in [4.78, 5) is 12.0. The van der Waals surface area contributed by atoms with E-state index in [2.05, 4.69) is 4.74 Å². The minimum absolute atomic E-state index is 0.0902. The fraction of sp³-hybridized carbons (Fsp3) is 0.421. The van der Waals surface area contributed by atoms with E-state index in [4.69, 9.17) is 9.47 Å². The molecule has 0 aromatic heterocycles. The first kappa shape index (κ1) is 19.0. The zero-order valence-corrected chi connectivity index (χ0v) is 14.8. The van der Waals surface area contributed by atoms with Crippen LogP contribution in [0.2, 0.25) is 0 Å². The number of rotatable bonds is 6. The van der Waals surface area contributed by atoms with Crippen LogP contribution in [0.1, 0.15) is 39.2 Å². The molecule has 25 heavy (non-hydrogen) atoms. The van der Waals surface area contributed by atoms with Gasteiger partial charge in [-0.25, -0.2) is 0 Å². The minimum atomic E-state index is -3.00. The first-order valence-corrected chi connectivity index (χ1v) is 8.13. The van der Waals surface area contributed by atoms with Crippen LogP contribution in [0.5, 0.6) is 17.2 Å². The number of hydrogen-bond acceptors (Lipinski definition) is 4. The van der Waals surface area contributed by atoms with Gasteiger partial charge in [-0.15, -0.1) is 0 Å². The highest BCUT2D eigenvalue weighted by Gasteiger charge is 2.27. The molecule has 6 heteroatoms. The molecule has 0 radical (unpaired) electrons. The fourth-order valence-corrected chi connectivity index (χ4v) is 3.05. The summed E-state index contributed by atoms with van der Waals surface area (Å²) in [5.74, 6) is 0.316. The van der Waals surface area contributed by atoms with Gasteiger partial charge in [0.25, 0.3) is 0 Å². The van der Waals surface area contributed by atoms with E-state index in [-0.39, 0.29) is 29.6 Å². The molecule has 0 amide bonds. The predicted octanol–water partition coefficient (Wildman–Crippen LogP) is 4.78. The molecule has 0 spiro atoms. The Morgan fingerprint density at radius 3 is 2.56 bits per heavy atom. The summed E-state index contributed by atoms with van der Waals surface area (Å²) in [6.07, 6.45) is 2.86. The number of allylic oxidation sites excluding steroid dienone is 4. The van der Waals surface area contributed by atoms with Crippen molar-refractivity contribution in [3.63, 3.8) is 0 Å². The van der Waals surface area contributed by atoms with Crippen molar-refractivity contribution in [2.75, 3.05) is 13.7 Å². The SMILES string of the molecule is CC=C1C(=O)CCC1=C(C)c1ccc(OC)c(OC(F)F)c1OCC. The Kier molecular flexibility index (Phi) is 6.17. The number of benzene rings is 1. The van der Waals surface area contributed by atoms with Gasteiger partial charge in [0.15, 0.2) is 17.3 Å². The molecule has 0 N–H and O–H groups in total. The van der Waals surface area contributed by atoms with Gasteiger partial charge < -0.3 is 14.2 Å². The lowest BCUT2D eigenvalue weighted by molar-refractivity contribution is -0.114. The Morgan fingerprint density at radius 1 is 1.28 bits per heavy atom. The van der Waals surface area contributed by atoms with Gasteiger partial charge in [0.1, 0.15) is 0 Å². The second-order valence-corrected chi connectivity index (χ2v) is 5.51.